The molecule has 5 nitrogen and oxygen atoms in total. The van der Waals surface area contributed by atoms with Gasteiger partial charge in [0.15, 0.2) is 0 Å². The van der Waals surface area contributed by atoms with E-state index in [0.717, 1.165) is 27.6 Å². The molecule has 2 heterocycles. The van der Waals surface area contributed by atoms with E-state index in [4.69, 9.17) is 5.26 Å². The van der Waals surface area contributed by atoms with E-state index in [1.807, 2.05) is 64.1 Å². The number of nitriles is 2. The van der Waals surface area contributed by atoms with Crippen molar-refractivity contribution in [1.29, 1.82) is 10.5 Å². The van der Waals surface area contributed by atoms with Gasteiger partial charge < -0.3 is 4.98 Å². The van der Waals surface area contributed by atoms with Crippen molar-refractivity contribution in [2.24, 2.45) is 0 Å². The van der Waals surface area contributed by atoms with Gasteiger partial charge in [-0.2, -0.15) is 10.5 Å². The molecule has 1 N–H and O–H groups in total. The highest BCUT2D eigenvalue weighted by molar-refractivity contribution is 5.80. The van der Waals surface area contributed by atoms with Crippen LogP contribution >= 0.6 is 0 Å². The maximum Gasteiger partial charge on any atom is 0.251 e. The van der Waals surface area contributed by atoms with E-state index in [0.29, 0.717) is 18.5 Å². The smallest absolute Gasteiger partial charge is 0.251 e. The minimum absolute atomic E-state index is 0.0939. The van der Waals surface area contributed by atoms with Gasteiger partial charge in [-0.05, 0) is 60.5 Å². The molecule has 1 atom stereocenters. The monoisotopic (exact) mass is 372 g/mol. The van der Waals surface area contributed by atoms with Crippen molar-refractivity contribution in [3.05, 3.63) is 75.3 Å². The molecule has 28 heavy (non-hydrogen) atoms. The highest BCUT2D eigenvalue weighted by atomic mass is 16.1. The first-order valence-electron chi connectivity index (χ1n) is 9.42. The van der Waals surface area contributed by atoms with Gasteiger partial charge in [0.25, 0.3) is 5.56 Å². The number of aryl methyl sites for hydroxylation is 1. The van der Waals surface area contributed by atoms with Crippen LogP contribution in [0.4, 0.5) is 0 Å². The maximum atomic E-state index is 12.1. The summed E-state index contributed by atoms with van der Waals surface area (Å²) in [5.41, 5.74) is 2.61. The van der Waals surface area contributed by atoms with Crippen LogP contribution in [-0.4, -0.2) is 9.97 Å². The third kappa shape index (κ3) is 4.27. The van der Waals surface area contributed by atoms with Crippen LogP contribution in [0.15, 0.2) is 47.4 Å². The van der Waals surface area contributed by atoms with Gasteiger partial charge in [0, 0.05) is 17.3 Å². The summed E-state index contributed by atoms with van der Waals surface area (Å²) in [7, 11) is 0. The molecule has 3 aromatic rings. The van der Waals surface area contributed by atoms with E-state index in [2.05, 4.69) is 16.0 Å². The number of aromatic nitrogens is 2. The van der Waals surface area contributed by atoms with E-state index in [-0.39, 0.29) is 5.56 Å². The van der Waals surface area contributed by atoms with Gasteiger partial charge in [-0.25, -0.2) is 4.98 Å². The van der Waals surface area contributed by atoms with Crippen LogP contribution in [0.1, 0.15) is 50.1 Å². The molecule has 1 unspecified atom stereocenters. The first-order valence-corrected chi connectivity index (χ1v) is 9.42. The van der Waals surface area contributed by atoms with E-state index in [1.54, 1.807) is 12.3 Å². The van der Waals surface area contributed by atoms with Crippen LogP contribution in [0.25, 0.3) is 10.9 Å². The van der Waals surface area contributed by atoms with Crippen LogP contribution in [0.3, 0.4) is 0 Å². The Hall–Kier alpha value is -3.44. The first kappa shape index (κ1) is 20.9. The van der Waals surface area contributed by atoms with Crippen LogP contribution in [-0.2, 0) is 18.3 Å². The molecule has 0 spiro atoms. The fraction of sp³-hybridized carbons (Fsp3) is 0.304. The quantitative estimate of drug-likeness (QED) is 0.734. The molecule has 0 aliphatic rings. The number of benzene rings is 1. The number of aromatic amines is 1. The van der Waals surface area contributed by atoms with E-state index in [1.165, 1.54) is 0 Å². The van der Waals surface area contributed by atoms with Gasteiger partial charge in [-0.1, -0.05) is 32.9 Å². The number of hydrogen-bond acceptors (Lipinski definition) is 4. The zero-order valence-electron chi connectivity index (χ0n) is 16.7. The normalized spacial score (nSPS) is 12.2. The lowest BCUT2D eigenvalue weighted by Gasteiger charge is -2.23. The van der Waals surface area contributed by atoms with Crippen molar-refractivity contribution < 1.29 is 0 Å². The Morgan fingerprint density at radius 2 is 1.89 bits per heavy atom. The van der Waals surface area contributed by atoms with Gasteiger partial charge in [0.2, 0.25) is 0 Å². The van der Waals surface area contributed by atoms with Crippen molar-refractivity contribution in [2.75, 3.05) is 0 Å². The lowest BCUT2D eigenvalue weighted by Crippen LogP contribution is -2.23. The average Bonchev–Trinajstić information content (AvgIpc) is 2.74. The molecule has 3 rings (SSSR count). The number of pyridine rings is 2. The van der Waals surface area contributed by atoms with Gasteiger partial charge >= 0.3 is 0 Å². The maximum absolute atomic E-state index is 12.1. The van der Waals surface area contributed by atoms with Crippen molar-refractivity contribution in [2.45, 2.75) is 46.0 Å². The van der Waals surface area contributed by atoms with Crippen LogP contribution in [0.2, 0.25) is 0 Å². The molecule has 0 saturated carbocycles. The summed E-state index contributed by atoms with van der Waals surface area (Å²) < 4.78 is 0. The standard InChI is InChI=1S/C21H18N4O.C2H6/c1-3-15-9-16-4-5-17(10-19(16)25-20(15)26)21(2,13-23)11-14-6-7-24-18(8-14)12-22;1-2/h4-10H,3,11H2,1-2H3,(H,25,26);1-2H3. The Morgan fingerprint density at radius 1 is 1.14 bits per heavy atom. The Morgan fingerprint density at radius 3 is 2.54 bits per heavy atom. The predicted molar refractivity (Wildman–Crippen MR) is 111 cm³/mol. The second-order valence-electron chi connectivity index (χ2n) is 6.56. The highest BCUT2D eigenvalue weighted by Gasteiger charge is 2.27. The van der Waals surface area contributed by atoms with Crippen molar-refractivity contribution in [3.63, 3.8) is 0 Å². The lowest BCUT2D eigenvalue weighted by atomic mass is 9.78. The lowest BCUT2D eigenvalue weighted by molar-refractivity contribution is 0.606. The van der Waals surface area contributed by atoms with Gasteiger partial charge in [0.05, 0.1) is 11.5 Å². The van der Waals surface area contributed by atoms with Crippen LogP contribution < -0.4 is 5.56 Å². The van der Waals surface area contributed by atoms with Gasteiger partial charge in [0.1, 0.15) is 11.8 Å². The summed E-state index contributed by atoms with van der Waals surface area (Å²) in [5, 5.41) is 19.8. The fourth-order valence-electron chi connectivity index (χ4n) is 3.11. The number of hydrogen-bond donors (Lipinski definition) is 1. The van der Waals surface area contributed by atoms with Gasteiger partial charge in [-0.15, -0.1) is 0 Å². The Bertz CT molecular complexity index is 1120. The van der Waals surface area contributed by atoms with E-state index in [9.17, 15) is 10.1 Å². The number of rotatable bonds is 4. The third-order valence-corrected chi connectivity index (χ3v) is 4.68. The summed E-state index contributed by atoms with van der Waals surface area (Å²) in [6.45, 7) is 7.81. The molecule has 0 amide bonds. The second-order valence-corrected chi connectivity index (χ2v) is 6.56. The van der Waals surface area contributed by atoms with E-state index < -0.39 is 5.41 Å². The first-order chi connectivity index (χ1) is 13.5. The summed E-state index contributed by atoms with van der Waals surface area (Å²) in [4.78, 5) is 19.0. The Kier molecular flexibility index (Phi) is 6.69. The molecule has 0 fully saturated rings. The molecular formula is C23H24N4O. The number of nitrogens with one attached hydrogen (secondary N) is 1. The third-order valence-electron chi connectivity index (χ3n) is 4.68. The zero-order chi connectivity index (χ0) is 20.7. The molecule has 0 bridgehead atoms. The fourth-order valence-corrected chi connectivity index (χ4v) is 3.11. The number of fused-ring (bicyclic) bond motifs is 1. The summed E-state index contributed by atoms with van der Waals surface area (Å²) in [5.74, 6) is 0. The summed E-state index contributed by atoms with van der Waals surface area (Å²) >= 11 is 0. The predicted octanol–water partition coefficient (Wildman–Crippen LogP) is 4.41. The summed E-state index contributed by atoms with van der Waals surface area (Å²) in [6, 6.07) is 15.5. The van der Waals surface area contributed by atoms with Crippen molar-refractivity contribution >= 4 is 10.9 Å². The summed E-state index contributed by atoms with van der Waals surface area (Å²) in [6.07, 6.45) is 2.70. The SMILES string of the molecule is CC.CCc1cc2ccc(C(C)(C#N)Cc3ccnc(C#N)c3)cc2[nH]c1=O. The largest absolute Gasteiger partial charge is 0.322 e. The molecule has 1 aromatic carbocycles. The molecule has 0 radical (unpaired) electrons. The molecule has 0 aliphatic carbocycles. The molecular weight excluding hydrogens is 348 g/mol. The Balaban J connectivity index is 0.00000136. The minimum Gasteiger partial charge on any atom is -0.322 e. The van der Waals surface area contributed by atoms with Crippen molar-refractivity contribution in [1.82, 2.24) is 9.97 Å². The molecule has 142 valence electrons. The Labute approximate surface area is 165 Å². The average molecular weight is 372 g/mol. The second kappa shape index (κ2) is 8.97. The molecule has 0 saturated heterocycles. The topological polar surface area (TPSA) is 93.3 Å². The van der Waals surface area contributed by atoms with Crippen molar-refractivity contribution in [3.8, 4) is 12.1 Å². The zero-order valence-corrected chi connectivity index (χ0v) is 16.7. The number of nitrogens with zero attached hydrogens (tertiary/aromatic N) is 3. The minimum atomic E-state index is -0.789. The number of H-pyrrole nitrogens is 1. The van der Waals surface area contributed by atoms with Crippen LogP contribution in [0.5, 0.6) is 0 Å². The molecule has 0 aliphatic heterocycles. The highest BCUT2D eigenvalue weighted by Crippen LogP contribution is 2.29. The van der Waals surface area contributed by atoms with E-state index >= 15 is 0 Å². The molecule has 2 aromatic heterocycles. The van der Waals surface area contributed by atoms with Crippen LogP contribution in [0, 0.1) is 22.7 Å². The molecule has 5 heteroatoms. The van der Waals surface area contributed by atoms with Gasteiger partial charge in [-0.3, -0.25) is 4.79 Å².